The number of benzene rings is 2. The molecule has 0 saturated carbocycles. The second kappa shape index (κ2) is 6.60. The van der Waals surface area contributed by atoms with Gasteiger partial charge in [0, 0.05) is 12.7 Å². The number of halogens is 2. The van der Waals surface area contributed by atoms with Crippen LogP contribution in [0, 0.1) is 5.82 Å². The van der Waals surface area contributed by atoms with Crippen molar-refractivity contribution in [3.8, 4) is 0 Å². The summed E-state index contributed by atoms with van der Waals surface area (Å²) in [6.07, 6.45) is 0. The number of carbonyl (C=O) groups excluding carboxylic acids is 1. The molecule has 1 N–H and O–H groups in total. The summed E-state index contributed by atoms with van der Waals surface area (Å²) < 4.78 is 15.0. The molecule has 3 rings (SSSR count). The van der Waals surface area contributed by atoms with Gasteiger partial charge in [-0.2, -0.15) is 0 Å². The zero-order valence-corrected chi connectivity index (χ0v) is 13.8. The van der Waals surface area contributed by atoms with Crippen molar-refractivity contribution in [2.45, 2.75) is 5.16 Å². The van der Waals surface area contributed by atoms with E-state index in [2.05, 4.69) is 10.3 Å². The van der Waals surface area contributed by atoms with Crippen molar-refractivity contribution in [3.63, 3.8) is 0 Å². The van der Waals surface area contributed by atoms with Gasteiger partial charge in [0.05, 0.1) is 21.8 Å². The Morgan fingerprint density at radius 3 is 2.87 bits per heavy atom. The van der Waals surface area contributed by atoms with E-state index in [0.29, 0.717) is 5.69 Å². The molecule has 0 spiro atoms. The number of aryl methyl sites for hydroxylation is 1. The van der Waals surface area contributed by atoms with E-state index in [-0.39, 0.29) is 16.7 Å². The van der Waals surface area contributed by atoms with Gasteiger partial charge in [-0.1, -0.05) is 35.5 Å². The van der Waals surface area contributed by atoms with E-state index in [1.165, 1.54) is 30.0 Å². The van der Waals surface area contributed by atoms with Gasteiger partial charge in [0.25, 0.3) is 0 Å². The monoisotopic (exact) mass is 349 g/mol. The Hall–Kier alpha value is -2.05. The lowest BCUT2D eigenvalue weighted by Crippen LogP contribution is -2.14. The average molecular weight is 350 g/mol. The number of para-hydroxylation sites is 2. The summed E-state index contributed by atoms with van der Waals surface area (Å²) in [5.74, 6) is -0.518. The molecular formula is C16H13ClFN3OS. The van der Waals surface area contributed by atoms with Crippen LogP contribution in [0.15, 0.2) is 47.6 Å². The molecule has 0 atom stereocenters. The molecule has 0 unspecified atom stereocenters. The molecule has 0 aliphatic carbocycles. The summed E-state index contributed by atoms with van der Waals surface area (Å²) in [4.78, 5) is 16.5. The van der Waals surface area contributed by atoms with E-state index in [4.69, 9.17) is 11.6 Å². The zero-order valence-electron chi connectivity index (χ0n) is 12.2. The molecule has 1 amide bonds. The Kier molecular flexibility index (Phi) is 4.54. The van der Waals surface area contributed by atoms with Crippen LogP contribution in [-0.2, 0) is 11.8 Å². The molecule has 1 aromatic heterocycles. The number of hydrogen-bond donors (Lipinski definition) is 1. The van der Waals surface area contributed by atoms with Gasteiger partial charge in [0.1, 0.15) is 5.82 Å². The highest BCUT2D eigenvalue weighted by Gasteiger charge is 2.11. The number of carbonyl (C=O) groups is 1. The summed E-state index contributed by atoms with van der Waals surface area (Å²) in [6.45, 7) is 0. The first-order valence-corrected chi connectivity index (χ1v) is 8.20. The van der Waals surface area contributed by atoms with Crippen molar-refractivity contribution in [3.05, 3.63) is 53.3 Å². The molecule has 7 heteroatoms. The van der Waals surface area contributed by atoms with E-state index >= 15 is 0 Å². The number of imidazole rings is 1. The SMILES string of the molecule is Cn1c(SCC(=O)Nc2ccc(F)c(Cl)c2)nc2ccccc21. The van der Waals surface area contributed by atoms with Crippen molar-refractivity contribution in [2.75, 3.05) is 11.1 Å². The summed E-state index contributed by atoms with van der Waals surface area (Å²) >= 11 is 7.03. The first-order valence-electron chi connectivity index (χ1n) is 6.84. The first kappa shape index (κ1) is 15.8. The largest absolute Gasteiger partial charge is 0.325 e. The standard InChI is InChI=1S/C16H13ClFN3OS/c1-21-14-5-3-2-4-13(14)20-16(21)23-9-15(22)19-10-6-7-12(18)11(17)8-10/h2-8H,9H2,1H3,(H,19,22). The Morgan fingerprint density at radius 1 is 1.35 bits per heavy atom. The highest BCUT2D eigenvalue weighted by atomic mass is 35.5. The lowest BCUT2D eigenvalue weighted by molar-refractivity contribution is -0.113. The van der Waals surface area contributed by atoms with Gasteiger partial charge in [0.15, 0.2) is 5.16 Å². The average Bonchev–Trinajstić information content (AvgIpc) is 2.86. The molecule has 0 fully saturated rings. The number of aromatic nitrogens is 2. The lowest BCUT2D eigenvalue weighted by atomic mass is 10.3. The third-order valence-electron chi connectivity index (χ3n) is 3.28. The normalized spacial score (nSPS) is 10.9. The highest BCUT2D eigenvalue weighted by Crippen LogP contribution is 2.23. The van der Waals surface area contributed by atoms with Crippen LogP contribution in [0.3, 0.4) is 0 Å². The highest BCUT2D eigenvalue weighted by molar-refractivity contribution is 7.99. The molecule has 3 aromatic rings. The number of hydrogen-bond acceptors (Lipinski definition) is 3. The van der Waals surface area contributed by atoms with E-state index in [9.17, 15) is 9.18 Å². The molecule has 2 aromatic carbocycles. The number of rotatable bonds is 4. The minimum Gasteiger partial charge on any atom is -0.325 e. The summed E-state index contributed by atoms with van der Waals surface area (Å²) in [7, 11) is 1.91. The number of nitrogens with one attached hydrogen (secondary N) is 1. The van der Waals surface area contributed by atoms with Gasteiger partial charge < -0.3 is 9.88 Å². The van der Waals surface area contributed by atoms with Gasteiger partial charge in [-0.3, -0.25) is 4.79 Å². The van der Waals surface area contributed by atoms with Crippen LogP contribution in [0.5, 0.6) is 0 Å². The lowest BCUT2D eigenvalue weighted by Gasteiger charge is -2.06. The number of fused-ring (bicyclic) bond motifs is 1. The van der Waals surface area contributed by atoms with E-state index < -0.39 is 5.82 Å². The number of amides is 1. The van der Waals surface area contributed by atoms with Crippen molar-refractivity contribution in [1.29, 1.82) is 0 Å². The van der Waals surface area contributed by atoms with E-state index in [1.807, 2.05) is 35.9 Å². The van der Waals surface area contributed by atoms with Crippen LogP contribution in [-0.4, -0.2) is 21.2 Å². The maximum absolute atomic E-state index is 13.1. The molecule has 0 saturated heterocycles. The minimum atomic E-state index is -0.515. The first-order chi connectivity index (χ1) is 11.0. The fraction of sp³-hybridized carbons (Fsp3) is 0.125. The van der Waals surface area contributed by atoms with E-state index in [0.717, 1.165) is 16.2 Å². The quantitative estimate of drug-likeness (QED) is 0.721. The molecule has 0 aliphatic rings. The van der Waals surface area contributed by atoms with Crippen LogP contribution < -0.4 is 5.32 Å². The minimum absolute atomic E-state index is 0.0224. The maximum Gasteiger partial charge on any atom is 0.234 e. The molecule has 4 nitrogen and oxygen atoms in total. The molecule has 0 bridgehead atoms. The predicted molar refractivity (Wildman–Crippen MR) is 91.5 cm³/mol. The van der Waals surface area contributed by atoms with Crippen LogP contribution in [0.2, 0.25) is 5.02 Å². The molecule has 23 heavy (non-hydrogen) atoms. The molecule has 118 valence electrons. The number of anilines is 1. The van der Waals surface area contributed by atoms with Gasteiger partial charge >= 0.3 is 0 Å². The Bertz CT molecular complexity index is 881. The Labute approximate surface area is 141 Å². The van der Waals surface area contributed by atoms with Crippen molar-refractivity contribution in [1.82, 2.24) is 9.55 Å². The van der Waals surface area contributed by atoms with Crippen molar-refractivity contribution >= 4 is 46.0 Å². The second-order valence-corrected chi connectivity index (χ2v) is 6.26. The smallest absolute Gasteiger partial charge is 0.234 e. The van der Waals surface area contributed by atoms with Crippen LogP contribution in [0.4, 0.5) is 10.1 Å². The molecule has 0 aliphatic heterocycles. The second-order valence-electron chi connectivity index (χ2n) is 4.91. The topological polar surface area (TPSA) is 46.9 Å². The number of nitrogens with zero attached hydrogens (tertiary/aromatic N) is 2. The predicted octanol–water partition coefficient (Wildman–Crippen LogP) is 4.10. The fourth-order valence-electron chi connectivity index (χ4n) is 2.15. The third-order valence-corrected chi connectivity index (χ3v) is 4.60. The Morgan fingerprint density at radius 2 is 2.13 bits per heavy atom. The van der Waals surface area contributed by atoms with Gasteiger partial charge in [0.2, 0.25) is 5.91 Å². The number of thioether (sulfide) groups is 1. The molecule has 0 radical (unpaired) electrons. The van der Waals surface area contributed by atoms with E-state index in [1.54, 1.807) is 0 Å². The maximum atomic E-state index is 13.1. The van der Waals surface area contributed by atoms with Crippen LogP contribution in [0.1, 0.15) is 0 Å². The fourth-order valence-corrected chi connectivity index (χ4v) is 3.12. The van der Waals surface area contributed by atoms with Gasteiger partial charge in [-0.25, -0.2) is 9.37 Å². The Balaban J connectivity index is 1.66. The summed E-state index contributed by atoms with van der Waals surface area (Å²) in [5, 5.41) is 3.43. The van der Waals surface area contributed by atoms with Crippen LogP contribution in [0.25, 0.3) is 11.0 Å². The van der Waals surface area contributed by atoms with Crippen molar-refractivity contribution < 1.29 is 9.18 Å². The summed E-state index contributed by atoms with van der Waals surface area (Å²) in [6, 6.07) is 11.9. The van der Waals surface area contributed by atoms with Gasteiger partial charge in [-0.15, -0.1) is 0 Å². The van der Waals surface area contributed by atoms with Gasteiger partial charge in [-0.05, 0) is 30.3 Å². The van der Waals surface area contributed by atoms with Crippen LogP contribution >= 0.6 is 23.4 Å². The molecular weight excluding hydrogens is 337 g/mol. The third kappa shape index (κ3) is 3.48. The summed E-state index contributed by atoms with van der Waals surface area (Å²) in [5.41, 5.74) is 2.37. The molecule has 1 heterocycles. The van der Waals surface area contributed by atoms with Crippen molar-refractivity contribution in [2.24, 2.45) is 7.05 Å². The zero-order chi connectivity index (χ0) is 16.4.